The summed E-state index contributed by atoms with van der Waals surface area (Å²) >= 11 is 0. The van der Waals surface area contributed by atoms with Crippen LogP contribution in [0.5, 0.6) is 0 Å². The fraction of sp³-hybridized carbons (Fsp3) is 0.300. The van der Waals surface area contributed by atoms with Crippen LogP contribution in [0.25, 0.3) is 5.69 Å². The molecule has 1 amide bonds. The number of amides is 1. The lowest BCUT2D eigenvalue weighted by molar-refractivity contribution is 0.0927. The van der Waals surface area contributed by atoms with Crippen molar-refractivity contribution >= 4 is 5.91 Å². The maximum absolute atomic E-state index is 13.2. The second-order valence-corrected chi connectivity index (χ2v) is 6.61. The zero-order valence-electron chi connectivity index (χ0n) is 14.8. The van der Waals surface area contributed by atoms with Crippen molar-refractivity contribution in [3.05, 3.63) is 72.5 Å². The molecule has 1 aliphatic heterocycles. The van der Waals surface area contributed by atoms with E-state index < -0.39 is 0 Å². The third-order valence-electron chi connectivity index (χ3n) is 4.88. The minimum atomic E-state index is -0.322. The Kier molecular flexibility index (Phi) is 5.02. The molecule has 140 valence electrons. The highest BCUT2D eigenvalue weighted by Crippen LogP contribution is 2.25. The van der Waals surface area contributed by atoms with E-state index in [9.17, 15) is 9.18 Å². The fourth-order valence-corrected chi connectivity index (χ4v) is 3.49. The van der Waals surface area contributed by atoms with Gasteiger partial charge in [0.05, 0.1) is 24.8 Å². The van der Waals surface area contributed by atoms with Crippen LogP contribution in [0.15, 0.2) is 59.6 Å². The molecule has 1 N–H and O–H groups in total. The van der Waals surface area contributed by atoms with Crippen LogP contribution in [0.3, 0.4) is 0 Å². The van der Waals surface area contributed by atoms with E-state index in [1.54, 1.807) is 29.3 Å². The normalized spacial score (nSPS) is 15.7. The summed E-state index contributed by atoms with van der Waals surface area (Å²) in [5.74, 6) is 0.300. The van der Waals surface area contributed by atoms with Crippen LogP contribution in [0.2, 0.25) is 0 Å². The predicted octanol–water partition coefficient (Wildman–Crippen LogP) is 3.17. The summed E-state index contributed by atoms with van der Waals surface area (Å²) in [4.78, 5) is 19.2. The number of hydrogen-bond acceptors (Lipinski definition) is 4. The third kappa shape index (κ3) is 3.78. The van der Waals surface area contributed by atoms with Crippen LogP contribution in [-0.4, -0.2) is 40.0 Å². The van der Waals surface area contributed by atoms with Crippen LogP contribution < -0.4 is 5.32 Å². The van der Waals surface area contributed by atoms with Crippen LogP contribution >= 0.6 is 0 Å². The largest absolute Gasteiger partial charge is 0.468 e. The first kappa shape index (κ1) is 17.5. The molecule has 0 saturated carbocycles. The molecule has 0 spiro atoms. The van der Waals surface area contributed by atoms with Gasteiger partial charge in [0.1, 0.15) is 17.3 Å². The zero-order chi connectivity index (χ0) is 18.6. The first-order valence-corrected chi connectivity index (χ1v) is 9.06. The standard InChI is InChI=1S/C20H21FN4O2/c21-15-5-7-16(8-6-15)25-14-22-12-18(25)20(26)23-13-17(19-4-3-11-27-19)24-9-1-2-10-24/h3-8,11-12,14,17H,1-2,9-10,13H2,(H,23,26)/t17-/m0/s1. The first-order chi connectivity index (χ1) is 13.2. The molecule has 3 aromatic rings. The molecule has 1 saturated heterocycles. The lowest BCUT2D eigenvalue weighted by Crippen LogP contribution is -2.37. The maximum Gasteiger partial charge on any atom is 0.269 e. The Balaban J connectivity index is 1.49. The van der Waals surface area contributed by atoms with Gasteiger partial charge in [-0.25, -0.2) is 9.37 Å². The van der Waals surface area contributed by atoms with Gasteiger partial charge < -0.3 is 9.73 Å². The van der Waals surface area contributed by atoms with Gasteiger partial charge in [0.15, 0.2) is 0 Å². The molecule has 4 rings (SSSR count). The summed E-state index contributed by atoms with van der Waals surface area (Å²) in [6, 6.07) is 9.76. The van der Waals surface area contributed by atoms with Crippen molar-refractivity contribution in [3.63, 3.8) is 0 Å². The second kappa shape index (κ2) is 7.75. The molecule has 1 aliphatic rings. The average Bonchev–Trinajstić information content (AvgIpc) is 3.44. The van der Waals surface area contributed by atoms with Crippen molar-refractivity contribution in [2.24, 2.45) is 0 Å². The van der Waals surface area contributed by atoms with E-state index in [1.807, 2.05) is 12.1 Å². The number of nitrogens with zero attached hydrogens (tertiary/aromatic N) is 3. The predicted molar refractivity (Wildman–Crippen MR) is 98.1 cm³/mol. The first-order valence-electron chi connectivity index (χ1n) is 9.06. The smallest absolute Gasteiger partial charge is 0.269 e. The molecule has 7 heteroatoms. The van der Waals surface area contributed by atoms with E-state index in [2.05, 4.69) is 15.2 Å². The highest BCUT2D eigenvalue weighted by molar-refractivity contribution is 5.93. The fourth-order valence-electron chi connectivity index (χ4n) is 3.49. The summed E-state index contributed by atoms with van der Waals surface area (Å²) in [5, 5.41) is 3.00. The monoisotopic (exact) mass is 368 g/mol. The van der Waals surface area contributed by atoms with E-state index in [0.29, 0.717) is 17.9 Å². The quantitative estimate of drug-likeness (QED) is 0.726. The van der Waals surface area contributed by atoms with Gasteiger partial charge in [-0.05, 0) is 62.3 Å². The molecule has 1 fully saturated rings. The van der Waals surface area contributed by atoms with Crippen molar-refractivity contribution in [1.82, 2.24) is 19.8 Å². The molecule has 27 heavy (non-hydrogen) atoms. The Labute approximate surface area is 156 Å². The minimum Gasteiger partial charge on any atom is -0.468 e. The van der Waals surface area contributed by atoms with Crippen LogP contribution in [0.4, 0.5) is 4.39 Å². The number of carbonyl (C=O) groups excluding carboxylic acids is 1. The molecule has 1 aromatic carbocycles. The van der Waals surface area contributed by atoms with Gasteiger partial charge in [-0.1, -0.05) is 0 Å². The summed E-state index contributed by atoms with van der Waals surface area (Å²) < 4.78 is 20.4. The second-order valence-electron chi connectivity index (χ2n) is 6.61. The van der Waals surface area contributed by atoms with E-state index in [-0.39, 0.29) is 17.8 Å². The van der Waals surface area contributed by atoms with Crippen LogP contribution in [0, 0.1) is 5.82 Å². The molecule has 3 heterocycles. The lowest BCUT2D eigenvalue weighted by Gasteiger charge is -2.26. The van der Waals surface area contributed by atoms with Gasteiger partial charge in [-0.3, -0.25) is 14.3 Å². The Hall–Kier alpha value is -2.93. The molecule has 6 nitrogen and oxygen atoms in total. The highest BCUT2D eigenvalue weighted by Gasteiger charge is 2.26. The van der Waals surface area contributed by atoms with E-state index >= 15 is 0 Å². The number of hydrogen-bond donors (Lipinski definition) is 1. The number of likely N-dealkylation sites (tertiary alicyclic amines) is 1. The summed E-state index contributed by atoms with van der Waals surface area (Å²) in [7, 11) is 0. The topological polar surface area (TPSA) is 63.3 Å². The third-order valence-corrected chi connectivity index (χ3v) is 4.88. The molecule has 0 radical (unpaired) electrons. The highest BCUT2D eigenvalue weighted by atomic mass is 19.1. The molecule has 0 bridgehead atoms. The zero-order valence-corrected chi connectivity index (χ0v) is 14.8. The Bertz CT molecular complexity index is 883. The van der Waals surface area contributed by atoms with Crippen molar-refractivity contribution in [2.75, 3.05) is 19.6 Å². The molecule has 1 atom stereocenters. The molecule has 0 aliphatic carbocycles. The van der Waals surface area contributed by atoms with Crippen LogP contribution in [-0.2, 0) is 0 Å². The van der Waals surface area contributed by atoms with Gasteiger partial charge in [-0.2, -0.15) is 0 Å². The van der Waals surface area contributed by atoms with Crippen molar-refractivity contribution < 1.29 is 13.6 Å². The molecular weight excluding hydrogens is 347 g/mol. The number of nitrogens with one attached hydrogen (secondary N) is 1. The number of furan rings is 1. The number of rotatable bonds is 6. The Morgan fingerprint density at radius 2 is 2.00 bits per heavy atom. The molecule has 2 aromatic heterocycles. The van der Waals surface area contributed by atoms with Gasteiger partial charge in [0, 0.05) is 12.2 Å². The van der Waals surface area contributed by atoms with Crippen molar-refractivity contribution in [2.45, 2.75) is 18.9 Å². The number of aromatic nitrogens is 2. The van der Waals surface area contributed by atoms with E-state index in [1.165, 1.54) is 18.3 Å². The number of carbonyl (C=O) groups is 1. The van der Waals surface area contributed by atoms with Gasteiger partial charge in [0.2, 0.25) is 0 Å². The maximum atomic E-state index is 13.2. The summed E-state index contributed by atoms with van der Waals surface area (Å²) in [5.41, 5.74) is 1.09. The molecule has 0 unspecified atom stereocenters. The Morgan fingerprint density at radius 1 is 1.22 bits per heavy atom. The SMILES string of the molecule is O=C(NC[C@@H](c1ccco1)N1CCCC1)c1cncn1-c1ccc(F)cc1. The minimum absolute atomic E-state index is 0.00800. The summed E-state index contributed by atoms with van der Waals surface area (Å²) in [6.45, 7) is 2.43. The van der Waals surface area contributed by atoms with Crippen LogP contribution in [0.1, 0.15) is 35.1 Å². The van der Waals surface area contributed by atoms with Crippen molar-refractivity contribution in [3.8, 4) is 5.69 Å². The number of benzene rings is 1. The van der Waals surface area contributed by atoms with Gasteiger partial charge in [-0.15, -0.1) is 0 Å². The van der Waals surface area contributed by atoms with Gasteiger partial charge in [0.25, 0.3) is 5.91 Å². The van der Waals surface area contributed by atoms with E-state index in [4.69, 9.17) is 4.42 Å². The lowest BCUT2D eigenvalue weighted by atomic mass is 10.2. The molecular formula is C20H21FN4O2. The average molecular weight is 368 g/mol. The number of halogens is 1. The Morgan fingerprint density at radius 3 is 2.70 bits per heavy atom. The summed E-state index contributed by atoms with van der Waals surface area (Å²) in [6.07, 6.45) is 7.03. The van der Waals surface area contributed by atoms with Crippen molar-refractivity contribution in [1.29, 1.82) is 0 Å². The van der Waals surface area contributed by atoms with E-state index in [0.717, 1.165) is 31.7 Å². The van der Waals surface area contributed by atoms with Gasteiger partial charge >= 0.3 is 0 Å². The number of imidazole rings is 1.